The van der Waals surface area contributed by atoms with Crippen molar-refractivity contribution in [3.8, 4) is 24.0 Å². The van der Waals surface area contributed by atoms with E-state index in [0.717, 1.165) is 6.07 Å². The van der Waals surface area contributed by atoms with Crippen LogP contribution in [0.5, 0.6) is 5.75 Å². The molecule has 0 atom stereocenters. The summed E-state index contributed by atoms with van der Waals surface area (Å²) in [5, 5.41) is 28.9. The second-order valence-electron chi connectivity index (χ2n) is 3.80. The number of hydrogen-bond acceptors (Lipinski definition) is 6. The number of nitriles is 3. The van der Waals surface area contributed by atoms with E-state index >= 15 is 0 Å². The Kier molecular flexibility index (Phi) is 5.00. The minimum atomic E-state index is -0.752. The molecule has 0 heterocycles. The van der Waals surface area contributed by atoms with Gasteiger partial charge in [0.15, 0.2) is 22.9 Å². The van der Waals surface area contributed by atoms with Gasteiger partial charge < -0.3 is 10.1 Å². The molecule has 1 aromatic rings. The van der Waals surface area contributed by atoms with E-state index in [2.05, 4.69) is 5.32 Å². The second-order valence-corrected chi connectivity index (χ2v) is 3.80. The highest BCUT2D eigenvalue weighted by molar-refractivity contribution is 6.00. The highest BCUT2D eigenvalue weighted by Crippen LogP contribution is 2.27. The molecule has 1 aromatic carbocycles. The van der Waals surface area contributed by atoms with Crippen LogP contribution in [0.3, 0.4) is 0 Å². The Balaban J connectivity index is 3.46. The third-order valence-electron chi connectivity index (χ3n) is 2.52. The summed E-state index contributed by atoms with van der Waals surface area (Å²) in [6.45, 7) is 1.25. The Morgan fingerprint density at radius 2 is 1.86 bits per heavy atom. The molecule has 1 rings (SSSR count). The molecule has 6 nitrogen and oxygen atoms in total. The van der Waals surface area contributed by atoms with Gasteiger partial charge >= 0.3 is 0 Å². The lowest BCUT2D eigenvalue weighted by molar-refractivity contribution is 0.101. The summed E-state index contributed by atoms with van der Waals surface area (Å²) in [6, 6.07) is 6.83. The van der Waals surface area contributed by atoms with Crippen LogP contribution in [0.4, 0.5) is 10.1 Å². The highest BCUT2D eigenvalue weighted by atomic mass is 19.1. The van der Waals surface area contributed by atoms with Gasteiger partial charge in [0.1, 0.15) is 23.9 Å². The summed E-state index contributed by atoms with van der Waals surface area (Å²) in [7, 11) is 1.25. The van der Waals surface area contributed by atoms with Gasteiger partial charge in [0.05, 0.1) is 12.8 Å². The van der Waals surface area contributed by atoms with E-state index in [4.69, 9.17) is 20.5 Å². The van der Waals surface area contributed by atoms with Crippen molar-refractivity contribution in [2.75, 3.05) is 12.4 Å². The van der Waals surface area contributed by atoms with E-state index in [1.54, 1.807) is 6.07 Å². The molecule has 1 N–H and O–H groups in total. The number of ketones is 1. The average Bonchev–Trinajstić information content (AvgIpc) is 2.47. The summed E-state index contributed by atoms with van der Waals surface area (Å²) in [5.41, 5.74) is -0.799. The van der Waals surface area contributed by atoms with Gasteiger partial charge in [-0.1, -0.05) is 0 Å². The number of hydrogen-bond donors (Lipinski definition) is 1. The molecule has 104 valence electrons. The van der Waals surface area contributed by atoms with Gasteiger partial charge in [-0.3, -0.25) is 4.79 Å². The number of nitrogens with zero attached hydrogens (tertiary/aromatic N) is 3. The van der Waals surface area contributed by atoms with Gasteiger partial charge in [-0.2, -0.15) is 15.8 Å². The number of ether oxygens (including phenoxy) is 1. The van der Waals surface area contributed by atoms with Crippen molar-refractivity contribution in [2.24, 2.45) is 0 Å². The number of carbonyl (C=O) groups excluding carboxylic acids is 1. The van der Waals surface area contributed by atoms with Crippen molar-refractivity contribution < 1.29 is 13.9 Å². The lowest BCUT2D eigenvalue weighted by atomic mass is 10.1. The van der Waals surface area contributed by atoms with Crippen molar-refractivity contribution in [3.63, 3.8) is 0 Å². The van der Waals surface area contributed by atoms with Gasteiger partial charge in [-0.25, -0.2) is 4.39 Å². The molecule has 0 aromatic heterocycles. The Labute approximate surface area is 120 Å². The quantitative estimate of drug-likeness (QED) is 0.670. The van der Waals surface area contributed by atoms with E-state index in [-0.39, 0.29) is 22.7 Å². The molecule has 0 amide bonds. The number of allylic oxidation sites excluding steroid dienone is 2. The predicted molar refractivity (Wildman–Crippen MR) is 70.4 cm³/mol. The number of anilines is 1. The molecule has 21 heavy (non-hydrogen) atoms. The van der Waals surface area contributed by atoms with Gasteiger partial charge in [-0.15, -0.1) is 0 Å². The summed E-state index contributed by atoms with van der Waals surface area (Å²) < 4.78 is 18.5. The van der Waals surface area contributed by atoms with Crippen molar-refractivity contribution in [1.29, 1.82) is 15.8 Å². The zero-order valence-corrected chi connectivity index (χ0v) is 11.2. The van der Waals surface area contributed by atoms with Crippen molar-refractivity contribution in [1.82, 2.24) is 0 Å². The van der Waals surface area contributed by atoms with E-state index in [0.29, 0.717) is 0 Å². The molecular weight excluding hydrogens is 275 g/mol. The van der Waals surface area contributed by atoms with Crippen LogP contribution in [0.2, 0.25) is 0 Å². The molecule has 0 saturated heterocycles. The predicted octanol–water partition coefficient (Wildman–Crippen LogP) is 2.27. The number of carbonyl (C=O) groups is 1. The Hall–Kier alpha value is -3.37. The zero-order valence-electron chi connectivity index (χ0n) is 11.2. The molecule has 0 fully saturated rings. The lowest BCUT2D eigenvalue weighted by Crippen LogP contribution is -2.07. The van der Waals surface area contributed by atoms with Crippen LogP contribution in [0, 0.1) is 39.8 Å². The highest BCUT2D eigenvalue weighted by Gasteiger charge is 2.16. The maximum atomic E-state index is 13.7. The number of rotatable bonds is 4. The summed E-state index contributed by atoms with van der Waals surface area (Å²) in [4.78, 5) is 11.6. The number of nitrogens with one attached hydrogen (secondary N) is 1. The first-order chi connectivity index (χ1) is 9.98. The molecule has 0 radical (unpaired) electrons. The maximum Gasteiger partial charge on any atom is 0.167 e. The molecule has 0 aliphatic carbocycles. The molecule has 0 saturated carbocycles. The lowest BCUT2D eigenvalue weighted by Gasteiger charge is -2.12. The van der Waals surface area contributed by atoms with Gasteiger partial charge in [0.2, 0.25) is 0 Å². The van der Waals surface area contributed by atoms with Crippen LogP contribution < -0.4 is 10.1 Å². The molecule has 0 unspecified atom stereocenters. The van der Waals surface area contributed by atoms with Crippen molar-refractivity contribution in [3.05, 3.63) is 34.8 Å². The molecule has 7 heteroatoms. The maximum absolute atomic E-state index is 13.7. The summed E-state index contributed by atoms with van der Waals surface area (Å²) in [5.74, 6) is -1.28. The standard InChI is InChI=1S/C14H9FN4O2/c1-8(20)10-3-14(21-2)11(15)4-12(10)19-13(7-18)9(5-16)6-17/h3-4,19H,1-2H3. The number of halogens is 1. The summed E-state index contributed by atoms with van der Waals surface area (Å²) in [6.07, 6.45) is 0. The second kappa shape index (κ2) is 6.70. The Bertz CT molecular complexity index is 732. The van der Waals surface area contributed by atoms with Gasteiger partial charge in [-0.05, 0) is 13.0 Å². The van der Waals surface area contributed by atoms with Gasteiger partial charge in [0, 0.05) is 11.6 Å². The minimum absolute atomic E-state index is 0.0275. The fourth-order valence-corrected chi connectivity index (χ4v) is 1.52. The fourth-order valence-electron chi connectivity index (χ4n) is 1.52. The molecule has 0 spiro atoms. The van der Waals surface area contributed by atoms with E-state index in [1.165, 1.54) is 32.2 Å². The molecule has 0 bridgehead atoms. The van der Waals surface area contributed by atoms with Gasteiger partial charge in [0.25, 0.3) is 0 Å². The monoisotopic (exact) mass is 284 g/mol. The van der Waals surface area contributed by atoms with E-state index in [9.17, 15) is 9.18 Å². The first kappa shape index (κ1) is 15.7. The minimum Gasteiger partial charge on any atom is -0.494 e. The molecular formula is C14H9FN4O2. The van der Waals surface area contributed by atoms with Crippen LogP contribution >= 0.6 is 0 Å². The topological polar surface area (TPSA) is 110 Å². The first-order valence-electron chi connectivity index (χ1n) is 5.58. The number of Topliss-reactive ketones (excluding diaryl/α,β-unsaturated/α-hetero) is 1. The zero-order chi connectivity index (χ0) is 16.0. The third kappa shape index (κ3) is 3.34. The smallest absolute Gasteiger partial charge is 0.167 e. The fraction of sp³-hybridized carbons (Fsp3) is 0.143. The Morgan fingerprint density at radius 3 is 2.29 bits per heavy atom. The Morgan fingerprint density at radius 1 is 1.24 bits per heavy atom. The SMILES string of the molecule is COc1cc(C(C)=O)c(NC(C#N)=C(C#N)C#N)cc1F. The normalized spacial score (nSPS) is 8.76. The molecule has 0 aliphatic rings. The van der Waals surface area contributed by atoms with Crippen LogP contribution in [0.15, 0.2) is 23.4 Å². The molecule has 0 aliphatic heterocycles. The number of benzene rings is 1. The largest absolute Gasteiger partial charge is 0.494 e. The van der Waals surface area contributed by atoms with E-state index in [1.807, 2.05) is 0 Å². The van der Waals surface area contributed by atoms with Crippen LogP contribution in [0.1, 0.15) is 17.3 Å². The van der Waals surface area contributed by atoms with Crippen LogP contribution in [0.25, 0.3) is 0 Å². The van der Waals surface area contributed by atoms with Crippen molar-refractivity contribution >= 4 is 11.5 Å². The van der Waals surface area contributed by atoms with Crippen molar-refractivity contribution in [2.45, 2.75) is 6.92 Å². The number of methoxy groups -OCH3 is 1. The van der Waals surface area contributed by atoms with Crippen LogP contribution in [-0.2, 0) is 0 Å². The summed E-state index contributed by atoms with van der Waals surface area (Å²) >= 11 is 0. The van der Waals surface area contributed by atoms with Crippen LogP contribution in [-0.4, -0.2) is 12.9 Å². The average molecular weight is 284 g/mol. The third-order valence-corrected chi connectivity index (χ3v) is 2.52. The first-order valence-corrected chi connectivity index (χ1v) is 5.58. The van der Waals surface area contributed by atoms with E-state index < -0.39 is 17.2 Å².